The van der Waals surface area contributed by atoms with Crippen molar-refractivity contribution >= 4 is 5.82 Å². The topological polar surface area (TPSA) is 38.2 Å². The summed E-state index contributed by atoms with van der Waals surface area (Å²) in [5.41, 5.74) is 1.05. The second-order valence-electron chi connectivity index (χ2n) is 4.76. The molecule has 2 rings (SSSR count). The van der Waals surface area contributed by atoms with Crippen molar-refractivity contribution in [2.45, 2.75) is 40.0 Å². The van der Waals surface area contributed by atoms with Crippen LogP contribution in [0.4, 0.5) is 5.82 Å². The number of rotatable bonds is 2. The Hall–Kier alpha value is -1.16. The summed E-state index contributed by atoms with van der Waals surface area (Å²) in [6, 6.07) is 0. The summed E-state index contributed by atoms with van der Waals surface area (Å²) in [5, 5.41) is 0. The highest BCUT2D eigenvalue weighted by Crippen LogP contribution is 2.14. The summed E-state index contributed by atoms with van der Waals surface area (Å²) in [6.07, 6.45) is 4.98. The van der Waals surface area contributed by atoms with Gasteiger partial charge in [0.25, 0.3) is 0 Å². The first-order valence-electron chi connectivity index (χ1n) is 6.83. The standard InChI is InChI=1S/C11H17N3O.C3H8/c1-9(2)10-7-13-11(8-12-10)14-3-5-15-6-4-14;1-3-2/h7-9H,3-6H2,1-2H3;3H2,1-2H3. The number of morpholine rings is 1. The maximum Gasteiger partial charge on any atom is 0.147 e. The molecular formula is C14H25N3O. The Morgan fingerprint density at radius 1 is 1.17 bits per heavy atom. The zero-order valence-corrected chi connectivity index (χ0v) is 12.0. The zero-order valence-electron chi connectivity index (χ0n) is 12.0. The monoisotopic (exact) mass is 251 g/mol. The lowest BCUT2D eigenvalue weighted by Crippen LogP contribution is -2.36. The first-order valence-corrected chi connectivity index (χ1v) is 6.83. The minimum atomic E-state index is 0.441. The van der Waals surface area contributed by atoms with E-state index in [9.17, 15) is 0 Å². The molecule has 0 bridgehead atoms. The third-order valence-corrected chi connectivity index (χ3v) is 2.58. The van der Waals surface area contributed by atoms with E-state index in [1.807, 2.05) is 12.4 Å². The highest BCUT2D eigenvalue weighted by Gasteiger charge is 2.12. The van der Waals surface area contributed by atoms with Crippen molar-refractivity contribution in [3.63, 3.8) is 0 Å². The van der Waals surface area contributed by atoms with Gasteiger partial charge in [0, 0.05) is 13.1 Å². The summed E-state index contributed by atoms with van der Waals surface area (Å²) in [5.74, 6) is 1.40. The molecule has 0 aromatic carbocycles. The molecule has 18 heavy (non-hydrogen) atoms. The van der Waals surface area contributed by atoms with Gasteiger partial charge in [-0.3, -0.25) is 4.98 Å². The SMILES string of the molecule is CC(C)c1cnc(N2CCOCC2)cn1.CCC. The Morgan fingerprint density at radius 3 is 2.22 bits per heavy atom. The molecule has 1 fully saturated rings. The van der Waals surface area contributed by atoms with Gasteiger partial charge in [-0.05, 0) is 5.92 Å². The molecule has 1 aromatic rings. The zero-order chi connectivity index (χ0) is 13.4. The van der Waals surface area contributed by atoms with Crippen LogP contribution in [0.15, 0.2) is 12.4 Å². The van der Waals surface area contributed by atoms with Gasteiger partial charge in [0.15, 0.2) is 0 Å². The lowest BCUT2D eigenvalue weighted by Gasteiger charge is -2.27. The average molecular weight is 251 g/mol. The molecule has 4 heteroatoms. The Balaban J connectivity index is 0.000000492. The number of hydrogen-bond donors (Lipinski definition) is 0. The summed E-state index contributed by atoms with van der Waals surface area (Å²) < 4.78 is 5.29. The summed E-state index contributed by atoms with van der Waals surface area (Å²) >= 11 is 0. The fourth-order valence-electron chi connectivity index (χ4n) is 1.59. The molecule has 0 amide bonds. The molecule has 1 aliphatic heterocycles. The molecule has 1 aromatic heterocycles. The predicted octanol–water partition coefficient (Wildman–Crippen LogP) is 2.85. The van der Waals surface area contributed by atoms with Crippen LogP contribution in [-0.2, 0) is 4.74 Å². The van der Waals surface area contributed by atoms with Gasteiger partial charge >= 0.3 is 0 Å². The number of aromatic nitrogens is 2. The van der Waals surface area contributed by atoms with Crippen molar-refractivity contribution in [2.24, 2.45) is 0 Å². The molecule has 1 saturated heterocycles. The Bertz CT molecular complexity index is 318. The van der Waals surface area contributed by atoms with E-state index < -0.39 is 0 Å². The van der Waals surface area contributed by atoms with Gasteiger partial charge in [-0.1, -0.05) is 34.1 Å². The van der Waals surface area contributed by atoms with Crippen molar-refractivity contribution in [3.05, 3.63) is 18.1 Å². The van der Waals surface area contributed by atoms with Crippen molar-refractivity contribution in [1.29, 1.82) is 0 Å². The lowest BCUT2D eigenvalue weighted by atomic mass is 10.1. The van der Waals surface area contributed by atoms with E-state index in [1.165, 1.54) is 6.42 Å². The van der Waals surface area contributed by atoms with E-state index in [-0.39, 0.29) is 0 Å². The van der Waals surface area contributed by atoms with Gasteiger partial charge in [0.05, 0.1) is 31.3 Å². The first kappa shape index (κ1) is 14.9. The van der Waals surface area contributed by atoms with E-state index in [0.29, 0.717) is 5.92 Å². The van der Waals surface area contributed by atoms with Crippen LogP contribution in [0, 0.1) is 0 Å². The van der Waals surface area contributed by atoms with Crippen LogP contribution in [0.1, 0.15) is 45.7 Å². The minimum absolute atomic E-state index is 0.441. The van der Waals surface area contributed by atoms with Gasteiger partial charge in [0.2, 0.25) is 0 Å². The van der Waals surface area contributed by atoms with E-state index in [2.05, 4.69) is 42.6 Å². The molecule has 0 unspecified atom stereocenters. The maximum absolute atomic E-state index is 5.29. The molecule has 0 saturated carbocycles. The molecule has 2 heterocycles. The quantitative estimate of drug-likeness (QED) is 0.810. The van der Waals surface area contributed by atoms with Gasteiger partial charge in [-0.2, -0.15) is 0 Å². The van der Waals surface area contributed by atoms with E-state index in [0.717, 1.165) is 37.8 Å². The molecule has 4 nitrogen and oxygen atoms in total. The normalized spacial score (nSPS) is 15.3. The second kappa shape index (κ2) is 8.03. The van der Waals surface area contributed by atoms with Crippen LogP contribution < -0.4 is 4.90 Å². The molecule has 0 N–H and O–H groups in total. The van der Waals surface area contributed by atoms with Crippen LogP contribution in [0.2, 0.25) is 0 Å². The van der Waals surface area contributed by atoms with Crippen molar-refractivity contribution in [3.8, 4) is 0 Å². The Kier molecular flexibility index (Phi) is 6.65. The lowest BCUT2D eigenvalue weighted by molar-refractivity contribution is 0.122. The number of ether oxygens (including phenoxy) is 1. The minimum Gasteiger partial charge on any atom is -0.378 e. The van der Waals surface area contributed by atoms with Crippen LogP contribution in [-0.4, -0.2) is 36.3 Å². The fraction of sp³-hybridized carbons (Fsp3) is 0.714. The number of hydrogen-bond acceptors (Lipinski definition) is 4. The average Bonchev–Trinajstić information content (AvgIpc) is 2.41. The first-order chi connectivity index (χ1) is 8.69. The van der Waals surface area contributed by atoms with E-state index >= 15 is 0 Å². The highest BCUT2D eigenvalue weighted by molar-refractivity contribution is 5.36. The number of nitrogens with zero attached hydrogens (tertiary/aromatic N) is 3. The maximum atomic E-state index is 5.29. The van der Waals surface area contributed by atoms with Crippen LogP contribution in [0.5, 0.6) is 0 Å². The molecule has 1 aliphatic rings. The van der Waals surface area contributed by atoms with Crippen LogP contribution >= 0.6 is 0 Å². The molecule has 0 atom stereocenters. The third-order valence-electron chi connectivity index (χ3n) is 2.58. The molecule has 0 aliphatic carbocycles. The van der Waals surface area contributed by atoms with E-state index in [4.69, 9.17) is 4.74 Å². The van der Waals surface area contributed by atoms with Crippen molar-refractivity contribution < 1.29 is 4.74 Å². The molecule has 0 spiro atoms. The third kappa shape index (κ3) is 4.61. The van der Waals surface area contributed by atoms with Gasteiger partial charge in [0.1, 0.15) is 5.82 Å². The highest BCUT2D eigenvalue weighted by atomic mass is 16.5. The Morgan fingerprint density at radius 2 is 1.78 bits per heavy atom. The summed E-state index contributed by atoms with van der Waals surface area (Å²) in [6.45, 7) is 11.9. The largest absolute Gasteiger partial charge is 0.378 e. The van der Waals surface area contributed by atoms with Crippen LogP contribution in [0.3, 0.4) is 0 Å². The van der Waals surface area contributed by atoms with Crippen molar-refractivity contribution in [2.75, 3.05) is 31.2 Å². The second-order valence-corrected chi connectivity index (χ2v) is 4.76. The van der Waals surface area contributed by atoms with Gasteiger partial charge in [-0.15, -0.1) is 0 Å². The number of anilines is 1. The van der Waals surface area contributed by atoms with Crippen molar-refractivity contribution in [1.82, 2.24) is 9.97 Å². The smallest absolute Gasteiger partial charge is 0.147 e. The molecule has 102 valence electrons. The van der Waals surface area contributed by atoms with Gasteiger partial charge in [-0.25, -0.2) is 4.98 Å². The van der Waals surface area contributed by atoms with Crippen LogP contribution in [0.25, 0.3) is 0 Å². The molecule has 0 radical (unpaired) electrons. The fourth-order valence-corrected chi connectivity index (χ4v) is 1.59. The van der Waals surface area contributed by atoms with Gasteiger partial charge < -0.3 is 9.64 Å². The summed E-state index contributed by atoms with van der Waals surface area (Å²) in [4.78, 5) is 11.0. The molecular weight excluding hydrogens is 226 g/mol. The van der Waals surface area contributed by atoms with E-state index in [1.54, 1.807) is 0 Å². The summed E-state index contributed by atoms with van der Waals surface area (Å²) in [7, 11) is 0. The predicted molar refractivity (Wildman–Crippen MR) is 75.1 cm³/mol. The Labute approximate surface area is 110 Å².